The molecule has 0 aliphatic rings. The van der Waals surface area contributed by atoms with Gasteiger partial charge in [-0.2, -0.15) is 18.3 Å². The number of carbonyl (C=O) groups is 3. The minimum absolute atomic E-state index is 0.00679. The highest BCUT2D eigenvalue weighted by atomic mass is 35.5. The van der Waals surface area contributed by atoms with Gasteiger partial charge >= 0.3 is 24.0 Å². The normalized spacial score (nSPS) is 11.2. The number of anilines is 1. The summed E-state index contributed by atoms with van der Waals surface area (Å²) in [5, 5.41) is 6.29. The number of hydrogen-bond acceptors (Lipinski definition) is 5. The zero-order valence-corrected chi connectivity index (χ0v) is 17.9. The Balaban J connectivity index is 1.54. The van der Waals surface area contributed by atoms with Gasteiger partial charge in [-0.05, 0) is 66.2 Å². The van der Waals surface area contributed by atoms with Crippen molar-refractivity contribution in [3.05, 3.63) is 94.5 Å². The van der Waals surface area contributed by atoms with Gasteiger partial charge in [0.25, 0.3) is 0 Å². The van der Waals surface area contributed by atoms with E-state index >= 15 is 0 Å². The number of hydrogen-bond donors (Lipinski definition) is 2. The van der Waals surface area contributed by atoms with Gasteiger partial charge in [0, 0.05) is 10.7 Å². The first kappa shape index (κ1) is 24.5. The number of nitrogens with zero attached hydrogens (tertiary/aromatic N) is 1. The fraction of sp³-hybridized carbons (Fsp3) is 0.0435. The summed E-state index contributed by atoms with van der Waals surface area (Å²) in [6.45, 7) is 0. The Kier molecular flexibility index (Phi) is 7.64. The SMILES string of the molecule is O=C(N/N=C/c1cccc(OC(=O)c2ccc(Cl)cc2)c1)C(=O)Nc1ccc(C(F)(F)F)cc1. The van der Waals surface area contributed by atoms with E-state index in [9.17, 15) is 27.6 Å². The number of amides is 2. The molecule has 0 aliphatic heterocycles. The minimum Gasteiger partial charge on any atom is -0.423 e. The van der Waals surface area contributed by atoms with Gasteiger partial charge in [-0.15, -0.1) is 0 Å². The van der Waals surface area contributed by atoms with Crippen LogP contribution in [0.3, 0.4) is 0 Å². The molecule has 3 aromatic rings. The molecule has 0 fully saturated rings. The number of rotatable bonds is 5. The lowest BCUT2D eigenvalue weighted by molar-refractivity contribution is -0.137. The third-order valence-electron chi connectivity index (χ3n) is 4.20. The van der Waals surface area contributed by atoms with Crippen molar-refractivity contribution in [2.24, 2.45) is 5.10 Å². The quantitative estimate of drug-likeness (QED) is 0.179. The molecule has 7 nitrogen and oxygen atoms in total. The van der Waals surface area contributed by atoms with Gasteiger partial charge in [-0.3, -0.25) is 9.59 Å². The summed E-state index contributed by atoms with van der Waals surface area (Å²) in [5.74, 6) is -2.64. The van der Waals surface area contributed by atoms with Crippen molar-refractivity contribution >= 4 is 41.3 Å². The second-order valence-electron chi connectivity index (χ2n) is 6.70. The largest absolute Gasteiger partial charge is 0.423 e. The average Bonchev–Trinajstić information content (AvgIpc) is 2.79. The van der Waals surface area contributed by atoms with E-state index in [0.717, 1.165) is 24.3 Å². The highest BCUT2D eigenvalue weighted by molar-refractivity contribution is 6.39. The number of nitrogens with one attached hydrogen (secondary N) is 2. The van der Waals surface area contributed by atoms with Crippen LogP contribution in [-0.4, -0.2) is 24.0 Å². The number of hydrazone groups is 1. The lowest BCUT2D eigenvalue weighted by Gasteiger charge is -2.08. The third kappa shape index (κ3) is 6.91. The lowest BCUT2D eigenvalue weighted by Crippen LogP contribution is -2.32. The maximum absolute atomic E-state index is 12.6. The number of alkyl halides is 3. The van der Waals surface area contributed by atoms with E-state index in [1.165, 1.54) is 24.4 Å². The number of esters is 1. The molecule has 0 aromatic heterocycles. The molecule has 3 aromatic carbocycles. The summed E-state index contributed by atoms with van der Waals surface area (Å²) in [5.41, 5.74) is 1.86. The molecule has 2 N–H and O–H groups in total. The van der Waals surface area contributed by atoms with Crippen LogP contribution in [0.2, 0.25) is 5.02 Å². The third-order valence-corrected chi connectivity index (χ3v) is 4.46. The van der Waals surface area contributed by atoms with Crippen molar-refractivity contribution in [3.8, 4) is 5.75 Å². The summed E-state index contributed by atoms with van der Waals surface area (Å²) >= 11 is 5.79. The van der Waals surface area contributed by atoms with Crippen LogP contribution in [0.25, 0.3) is 0 Å². The van der Waals surface area contributed by atoms with Crippen molar-refractivity contribution in [2.75, 3.05) is 5.32 Å². The fourth-order valence-electron chi connectivity index (χ4n) is 2.56. The van der Waals surface area contributed by atoms with Gasteiger partial charge < -0.3 is 10.1 Å². The Morgan fingerprint density at radius 3 is 2.24 bits per heavy atom. The number of carbonyl (C=O) groups excluding carboxylic acids is 3. The zero-order valence-electron chi connectivity index (χ0n) is 17.1. The minimum atomic E-state index is -4.51. The first-order valence-electron chi connectivity index (χ1n) is 9.51. The molecule has 3 rings (SSSR count). The molecule has 0 atom stereocenters. The van der Waals surface area contributed by atoms with Crippen LogP contribution in [-0.2, 0) is 15.8 Å². The van der Waals surface area contributed by atoms with Crippen molar-refractivity contribution in [1.29, 1.82) is 0 Å². The highest BCUT2D eigenvalue weighted by Crippen LogP contribution is 2.29. The van der Waals surface area contributed by atoms with Crippen LogP contribution >= 0.6 is 11.6 Å². The highest BCUT2D eigenvalue weighted by Gasteiger charge is 2.30. The van der Waals surface area contributed by atoms with E-state index in [1.54, 1.807) is 30.3 Å². The second kappa shape index (κ2) is 10.6. The summed E-state index contributed by atoms with van der Waals surface area (Å²) in [6.07, 6.45) is -3.30. The summed E-state index contributed by atoms with van der Waals surface area (Å²) in [7, 11) is 0. The predicted octanol–water partition coefficient (Wildman–Crippen LogP) is 4.67. The topological polar surface area (TPSA) is 96.9 Å². The molecule has 0 bridgehead atoms. The second-order valence-corrected chi connectivity index (χ2v) is 7.13. The van der Waals surface area contributed by atoms with Crippen molar-refractivity contribution in [1.82, 2.24) is 5.43 Å². The molecular weight excluding hydrogens is 475 g/mol. The molecule has 0 aliphatic carbocycles. The number of halogens is 4. The molecule has 0 heterocycles. The Hall–Kier alpha value is -4.18. The van der Waals surface area contributed by atoms with E-state index in [1.807, 2.05) is 5.43 Å². The van der Waals surface area contributed by atoms with Gasteiger partial charge in [-0.1, -0.05) is 23.7 Å². The smallest absolute Gasteiger partial charge is 0.416 e. The van der Waals surface area contributed by atoms with Crippen molar-refractivity contribution < 1.29 is 32.3 Å². The van der Waals surface area contributed by atoms with E-state index < -0.39 is 29.5 Å². The average molecular weight is 490 g/mol. The van der Waals surface area contributed by atoms with Crippen LogP contribution < -0.4 is 15.5 Å². The van der Waals surface area contributed by atoms with E-state index in [0.29, 0.717) is 16.1 Å². The molecule has 174 valence electrons. The monoisotopic (exact) mass is 489 g/mol. The Morgan fingerprint density at radius 1 is 0.912 bits per heavy atom. The fourth-order valence-corrected chi connectivity index (χ4v) is 2.68. The molecule has 34 heavy (non-hydrogen) atoms. The predicted molar refractivity (Wildman–Crippen MR) is 119 cm³/mol. The standard InChI is InChI=1S/C23H15ClF3N3O4/c24-17-8-4-15(5-9-17)22(33)34-19-3-1-2-14(12-19)13-28-30-21(32)20(31)29-18-10-6-16(7-11-18)23(25,26)27/h1-13H,(H,29,31)(H,30,32)/b28-13+. The van der Waals surface area contributed by atoms with Gasteiger partial charge in [0.2, 0.25) is 0 Å². The van der Waals surface area contributed by atoms with Gasteiger partial charge in [0.15, 0.2) is 0 Å². The molecule has 0 unspecified atom stereocenters. The van der Waals surface area contributed by atoms with Gasteiger partial charge in [0.1, 0.15) is 5.75 Å². The summed E-state index contributed by atoms with van der Waals surface area (Å²) in [4.78, 5) is 35.9. The lowest BCUT2D eigenvalue weighted by atomic mass is 10.2. The van der Waals surface area contributed by atoms with Crippen LogP contribution in [0.5, 0.6) is 5.75 Å². The maximum atomic E-state index is 12.6. The Bertz CT molecular complexity index is 1230. The number of ether oxygens (including phenoxy) is 1. The van der Waals surface area contributed by atoms with E-state index in [-0.39, 0.29) is 11.4 Å². The summed E-state index contributed by atoms with van der Waals surface area (Å²) < 4.78 is 43.0. The van der Waals surface area contributed by atoms with E-state index in [2.05, 4.69) is 10.4 Å². The van der Waals surface area contributed by atoms with Gasteiger partial charge in [-0.25, -0.2) is 10.2 Å². The molecule has 0 saturated carbocycles. The van der Waals surface area contributed by atoms with Crippen molar-refractivity contribution in [3.63, 3.8) is 0 Å². The van der Waals surface area contributed by atoms with Crippen molar-refractivity contribution in [2.45, 2.75) is 6.18 Å². The van der Waals surface area contributed by atoms with Crippen LogP contribution in [0.4, 0.5) is 18.9 Å². The van der Waals surface area contributed by atoms with Gasteiger partial charge in [0.05, 0.1) is 17.3 Å². The number of benzene rings is 3. The Labute approximate surface area is 196 Å². The maximum Gasteiger partial charge on any atom is 0.416 e. The van der Waals surface area contributed by atoms with Crippen LogP contribution in [0.15, 0.2) is 77.9 Å². The first-order chi connectivity index (χ1) is 16.1. The molecular formula is C23H15ClF3N3O4. The molecule has 0 saturated heterocycles. The Morgan fingerprint density at radius 2 is 1.59 bits per heavy atom. The molecule has 0 spiro atoms. The van der Waals surface area contributed by atoms with Crippen LogP contribution in [0.1, 0.15) is 21.5 Å². The zero-order chi connectivity index (χ0) is 24.7. The molecule has 2 amide bonds. The van der Waals surface area contributed by atoms with E-state index in [4.69, 9.17) is 16.3 Å². The molecule has 0 radical (unpaired) electrons. The van der Waals surface area contributed by atoms with Crippen LogP contribution in [0, 0.1) is 0 Å². The molecule has 11 heteroatoms. The first-order valence-corrected chi connectivity index (χ1v) is 9.89. The summed E-state index contributed by atoms with van der Waals surface area (Å²) in [6, 6.07) is 16.0.